The van der Waals surface area contributed by atoms with Gasteiger partial charge in [-0.15, -0.1) is 0 Å². The first-order valence-electron chi connectivity index (χ1n) is 19.9. The summed E-state index contributed by atoms with van der Waals surface area (Å²) in [6.45, 7) is 0. The van der Waals surface area contributed by atoms with Crippen LogP contribution in [0.1, 0.15) is 11.1 Å². The first-order valence-corrected chi connectivity index (χ1v) is 19.9. The highest BCUT2D eigenvalue weighted by Gasteiger charge is 2.34. The van der Waals surface area contributed by atoms with Crippen LogP contribution in [0, 0.1) is 0 Å². The molecule has 0 saturated heterocycles. The molecular weight excluding hydrogens is 809 g/mol. The van der Waals surface area contributed by atoms with Gasteiger partial charge >= 0.3 is 12.4 Å². The number of halogens is 6. The largest absolute Gasteiger partial charge is 0.416 e. The van der Waals surface area contributed by atoms with Gasteiger partial charge in [-0.25, -0.2) is 19.9 Å². The molecule has 0 saturated carbocycles. The highest BCUT2D eigenvalue weighted by atomic mass is 19.4. The Morgan fingerprint density at radius 1 is 0.333 bits per heavy atom. The molecule has 0 atom stereocenters. The van der Waals surface area contributed by atoms with Gasteiger partial charge in [0.25, 0.3) is 0 Å². The molecule has 0 unspecified atom stereocenters. The Morgan fingerprint density at radius 3 is 1.14 bits per heavy atom. The molecule has 0 aliphatic heterocycles. The Balaban J connectivity index is 1.29. The van der Waals surface area contributed by atoms with Crippen LogP contribution in [0.5, 0.6) is 0 Å². The van der Waals surface area contributed by atoms with Crippen molar-refractivity contribution in [1.82, 2.24) is 24.5 Å². The number of nitrogens with zero attached hydrogens (tertiary/aromatic N) is 5. The summed E-state index contributed by atoms with van der Waals surface area (Å²) in [6.07, 6.45) is -9.49. The van der Waals surface area contributed by atoms with Crippen LogP contribution in [0.4, 0.5) is 26.3 Å². The molecule has 0 aliphatic carbocycles. The molecule has 11 heteroatoms. The van der Waals surface area contributed by atoms with E-state index in [1.54, 1.807) is 16.7 Å². The predicted molar refractivity (Wildman–Crippen MR) is 235 cm³/mol. The van der Waals surface area contributed by atoms with Gasteiger partial charge in [0.05, 0.1) is 50.6 Å². The SMILES string of the molecule is FC(F)(F)c1ccc2c(c1)c1cc(C(F)(F)F)ccc1n2-c1ccc(-c2nc(-c3ccccc3)cc(-c3ccccc3)n2)cc1-c1cc(-c2ccccc2)nc(-c2ccccc2)n1. The van der Waals surface area contributed by atoms with E-state index in [1.807, 2.05) is 140 Å². The minimum Gasteiger partial charge on any atom is -0.309 e. The molecule has 306 valence electrons. The summed E-state index contributed by atoms with van der Waals surface area (Å²) in [5.74, 6) is 0.791. The van der Waals surface area contributed by atoms with Crippen molar-refractivity contribution in [3.8, 4) is 73.5 Å². The lowest BCUT2D eigenvalue weighted by atomic mass is 10.0. The molecule has 3 aromatic heterocycles. The monoisotopic (exact) mass is 839 g/mol. The van der Waals surface area contributed by atoms with E-state index in [-0.39, 0.29) is 21.8 Å². The van der Waals surface area contributed by atoms with Crippen LogP contribution in [0.2, 0.25) is 0 Å². The van der Waals surface area contributed by atoms with Crippen LogP contribution in [-0.2, 0) is 12.4 Å². The van der Waals surface area contributed by atoms with Gasteiger partial charge in [0.2, 0.25) is 0 Å². The first kappa shape index (κ1) is 39.2. The van der Waals surface area contributed by atoms with Gasteiger partial charge in [0.15, 0.2) is 11.6 Å². The molecule has 10 aromatic rings. The molecule has 0 N–H and O–H groups in total. The van der Waals surface area contributed by atoms with Crippen LogP contribution in [-0.4, -0.2) is 24.5 Å². The Labute approximate surface area is 356 Å². The van der Waals surface area contributed by atoms with Gasteiger partial charge in [-0.1, -0.05) is 121 Å². The molecule has 10 rings (SSSR count). The maximum absolute atomic E-state index is 14.2. The van der Waals surface area contributed by atoms with Crippen molar-refractivity contribution < 1.29 is 26.3 Å². The van der Waals surface area contributed by atoms with E-state index in [1.165, 1.54) is 12.1 Å². The van der Waals surface area contributed by atoms with Gasteiger partial charge in [-0.05, 0) is 66.7 Å². The molecule has 7 aromatic carbocycles. The maximum atomic E-state index is 14.2. The lowest BCUT2D eigenvalue weighted by molar-refractivity contribution is -0.138. The summed E-state index contributed by atoms with van der Waals surface area (Å²) in [6, 6.07) is 53.9. The van der Waals surface area contributed by atoms with Crippen molar-refractivity contribution in [1.29, 1.82) is 0 Å². The van der Waals surface area contributed by atoms with Crippen LogP contribution < -0.4 is 0 Å². The first-order chi connectivity index (χ1) is 30.5. The molecule has 5 nitrogen and oxygen atoms in total. The average Bonchev–Trinajstić information content (AvgIpc) is 3.64. The zero-order chi connectivity index (χ0) is 43.3. The third-order valence-corrected chi connectivity index (χ3v) is 10.9. The Kier molecular flexibility index (Phi) is 9.67. The predicted octanol–water partition coefficient (Wildman–Crippen LogP) is 14.4. The smallest absolute Gasteiger partial charge is 0.309 e. The normalized spacial score (nSPS) is 12.0. The second-order valence-electron chi connectivity index (χ2n) is 14.9. The zero-order valence-electron chi connectivity index (χ0n) is 32.9. The number of hydrogen-bond donors (Lipinski definition) is 0. The molecule has 0 bridgehead atoms. The van der Waals surface area contributed by atoms with Crippen LogP contribution in [0.3, 0.4) is 0 Å². The topological polar surface area (TPSA) is 56.5 Å². The van der Waals surface area contributed by atoms with Gasteiger partial charge in [0, 0.05) is 44.2 Å². The van der Waals surface area contributed by atoms with E-state index in [0.29, 0.717) is 51.2 Å². The highest BCUT2D eigenvalue weighted by molar-refractivity contribution is 6.10. The standard InChI is InChI=1S/C52H31F6N5/c53-51(54,55)37-22-25-46-39(28-37)40-29-38(52(56,57)58)23-26-47(40)63(46)48-24-21-36(50-60-42(32-13-5-1-6-14-32)30-43(61-50)33-15-7-2-8-16-33)27-41(48)45-31-44(34-17-9-3-10-18-34)59-49(62-45)35-19-11-4-12-20-35/h1-31H. The summed E-state index contributed by atoms with van der Waals surface area (Å²) < 4.78 is 87.0. The highest BCUT2D eigenvalue weighted by Crippen LogP contribution is 2.43. The van der Waals surface area contributed by atoms with E-state index in [2.05, 4.69) is 0 Å². The van der Waals surface area contributed by atoms with E-state index >= 15 is 0 Å². The van der Waals surface area contributed by atoms with Crippen LogP contribution >= 0.6 is 0 Å². The average molecular weight is 840 g/mol. The summed E-state index contributed by atoms with van der Waals surface area (Å²) >= 11 is 0. The molecule has 0 fully saturated rings. The third kappa shape index (κ3) is 7.58. The zero-order valence-corrected chi connectivity index (χ0v) is 32.9. The Bertz CT molecular complexity index is 3110. The lowest BCUT2D eigenvalue weighted by Crippen LogP contribution is -2.05. The second kappa shape index (κ2) is 15.5. The van der Waals surface area contributed by atoms with Crippen LogP contribution in [0.15, 0.2) is 188 Å². The molecule has 0 amide bonds. The maximum Gasteiger partial charge on any atom is 0.416 e. The molecule has 63 heavy (non-hydrogen) atoms. The van der Waals surface area contributed by atoms with Crippen molar-refractivity contribution in [2.24, 2.45) is 0 Å². The number of benzene rings is 7. The molecule has 0 spiro atoms. The van der Waals surface area contributed by atoms with E-state index in [4.69, 9.17) is 19.9 Å². The fraction of sp³-hybridized carbons (Fsp3) is 0.0385. The van der Waals surface area contributed by atoms with Gasteiger partial charge < -0.3 is 4.57 Å². The van der Waals surface area contributed by atoms with Gasteiger partial charge in [0.1, 0.15) is 0 Å². The Hall–Kier alpha value is -7.92. The van der Waals surface area contributed by atoms with E-state index < -0.39 is 23.5 Å². The molecule has 3 heterocycles. The summed E-state index contributed by atoms with van der Waals surface area (Å²) in [7, 11) is 0. The van der Waals surface area contributed by atoms with Crippen LogP contribution in [0.25, 0.3) is 95.3 Å². The van der Waals surface area contributed by atoms with Crippen molar-refractivity contribution in [2.45, 2.75) is 12.4 Å². The summed E-state index contributed by atoms with van der Waals surface area (Å²) in [5, 5.41) is 0.00923. The molecular formula is C52H31F6N5. The summed E-state index contributed by atoms with van der Waals surface area (Å²) in [4.78, 5) is 20.2. The third-order valence-electron chi connectivity index (χ3n) is 10.9. The second-order valence-corrected chi connectivity index (χ2v) is 14.9. The lowest BCUT2D eigenvalue weighted by Gasteiger charge is -2.17. The van der Waals surface area contributed by atoms with Gasteiger partial charge in [-0.3, -0.25) is 0 Å². The molecule has 0 radical (unpaired) electrons. The quantitative estimate of drug-likeness (QED) is 0.150. The fourth-order valence-corrected chi connectivity index (χ4v) is 7.86. The number of aromatic nitrogens is 5. The van der Waals surface area contributed by atoms with Crippen molar-refractivity contribution in [3.63, 3.8) is 0 Å². The minimum atomic E-state index is -4.74. The minimum absolute atomic E-state index is 0.00462. The number of rotatable bonds is 7. The van der Waals surface area contributed by atoms with Crippen molar-refractivity contribution in [3.05, 3.63) is 199 Å². The van der Waals surface area contributed by atoms with E-state index in [9.17, 15) is 26.3 Å². The molecule has 0 aliphatic rings. The fourth-order valence-electron chi connectivity index (χ4n) is 7.86. The Morgan fingerprint density at radius 2 is 0.714 bits per heavy atom. The number of alkyl halides is 6. The van der Waals surface area contributed by atoms with Gasteiger partial charge in [-0.2, -0.15) is 26.3 Å². The van der Waals surface area contributed by atoms with Crippen molar-refractivity contribution in [2.75, 3.05) is 0 Å². The number of fused-ring (bicyclic) bond motifs is 3. The summed E-state index contributed by atoms with van der Waals surface area (Å²) in [5.41, 5.74) is 5.75. The van der Waals surface area contributed by atoms with Crippen molar-refractivity contribution >= 4 is 21.8 Å². The number of hydrogen-bond acceptors (Lipinski definition) is 4. The van der Waals surface area contributed by atoms with E-state index in [0.717, 1.165) is 46.5 Å².